The van der Waals surface area contributed by atoms with Gasteiger partial charge in [0, 0.05) is 25.5 Å². The van der Waals surface area contributed by atoms with Crippen LogP contribution in [-0.4, -0.2) is 46.8 Å². The molecule has 3 rings (SSSR count). The third kappa shape index (κ3) is 3.35. The van der Waals surface area contributed by atoms with Crippen molar-refractivity contribution in [2.45, 2.75) is 39.5 Å². The Bertz CT molecular complexity index is 710. The van der Waals surface area contributed by atoms with Crippen LogP contribution in [0.15, 0.2) is 6.07 Å². The van der Waals surface area contributed by atoms with Crippen LogP contribution in [0.25, 0.3) is 10.2 Å². The predicted octanol–water partition coefficient (Wildman–Crippen LogP) is 3.22. The average Bonchev–Trinajstić information content (AvgIpc) is 3.13. The van der Waals surface area contributed by atoms with Gasteiger partial charge in [0.05, 0.1) is 10.6 Å². The van der Waals surface area contributed by atoms with Crippen LogP contribution in [0.1, 0.15) is 54.9 Å². The van der Waals surface area contributed by atoms with Crippen molar-refractivity contribution >= 4 is 27.5 Å². The van der Waals surface area contributed by atoms with Crippen molar-refractivity contribution in [1.82, 2.24) is 20.0 Å². The first-order chi connectivity index (χ1) is 11.5. The number of amides is 1. The van der Waals surface area contributed by atoms with Gasteiger partial charge in [0.1, 0.15) is 4.83 Å². The minimum atomic E-state index is 0.188. The van der Waals surface area contributed by atoms with Crippen LogP contribution in [0, 0.1) is 5.92 Å². The number of hydrogen-bond donors (Lipinski definition) is 1. The zero-order chi connectivity index (χ0) is 17.3. The molecular weight excluding hydrogens is 320 g/mol. The van der Waals surface area contributed by atoms with E-state index in [9.17, 15) is 4.79 Å². The Balaban J connectivity index is 1.72. The van der Waals surface area contributed by atoms with Gasteiger partial charge in [-0.3, -0.25) is 9.48 Å². The number of carbonyl (C=O) groups excluding carboxylic acids is 1. The lowest BCUT2D eigenvalue weighted by Crippen LogP contribution is -2.40. The van der Waals surface area contributed by atoms with Crippen LogP contribution in [0.3, 0.4) is 0 Å². The quantitative estimate of drug-likeness (QED) is 0.902. The van der Waals surface area contributed by atoms with E-state index in [1.807, 2.05) is 16.6 Å². The Morgan fingerprint density at radius 2 is 2.12 bits per heavy atom. The molecule has 0 unspecified atom stereocenters. The Morgan fingerprint density at radius 3 is 2.75 bits per heavy atom. The molecule has 6 heteroatoms. The summed E-state index contributed by atoms with van der Waals surface area (Å²) >= 11 is 1.58. The number of thiophene rings is 1. The molecule has 132 valence electrons. The van der Waals surface area contributed by atoms with E-state index >= 15 is 0 Å². The van der Waals surface area contributed by atoms with Gasteiger partial charge in [0.2, 0.25) is 0 Å². The van der Waals surface area contributed by atoms with Crippen molar-refractivity contribution in [3.8, 4) is 0 Å². The smallest absolute Gasteiger partial charge is 0.264 e. The van der Waals surface area contributed by atoms with Gasteiger partial charge in [-0.05, 0) is 43.8 Å². The average molecular weight is 349 g/mol. The summed E-state index contributed by atoms with van der Waals surface area (Å²) in [5.41, 5.74) is 1.09. The van der Waals surface area contributed by atoms with Crippen LogP contribution >= 0.6 is 11.3 Å². The fourth-order valence-corrected chi connectivity index (χ4v) is 4.49. The highest BCUT2D eigenvalue weighted by Gasteiger charge is 2.26. The van der Waals surface area contributed by atoms with Gasteiger partial charge in [-0.15, -0.1) is 11.3 Å². The number of aryl methyl sites for hydroxylation is 1. The molecule has 1 amide bonds. The molecule has 2 aromatic rings. The lowest BCUT2D eigenvalue weighted by atomic mass is 9.96. The molecule has 0 aliphatic carbocycles. The van der Waals surface area contributed by atoms with Gasteiger partial charge in [-0.2, -0.15) is 5.10 Å². The van der Waals surface area contributed by atoms with Crippen molar-refractivity contribution in [2.24, 2.45) is 13.0 Å². The van der Waals surface area contributed by atoms with Gasteiger partial charge in [-0.25, -0.2) is 0 Å². The van der Waals surface area contributed by atoms with E-state index in [1.165, 1.54) is 0 Å². The second-order valence-corrected chi connectivity index (χ2v) is 8.07. The van der Waals surface area contributed by atoms with E-state index in [2.05, 4.69) is 37.3 Å². The molecule has 0 aromatic carbocycles. The minimum absolute atomic E-state index is 0.188. The lowest BCUT2D eigenvalue weighted by molar-refractivity contribution is 0.0695. The molecule has 0 atom stereocenters. The van der Waals surface area contributed by atoms with Gasteiger partial charge in [-0.1, -0.05) is 20.8 Å². The molecule has 0 spiro atoms. The molecule has 1 fully saturated rings. The summed E-state index contributed by atoms with van der Waals surface area (Å²) in [4.78, 5) is 16.8. The summed E-state index contributed by atoms with van der Waals surface area (Å²) in [7, 11) is 1.96. The van der Waals surface area contributed by atoms with Crippen LogP contribution in [0.2, 0.25) is 0 Å². The monoisotopic (exact) mass is 348 g/mol. The van der Waals surface area contributed by atoms with E-state index in [-0.39, 0.29) is 5.91 Å². The molecule has 5 nitrogen and oxygen atoms in total. The first-order valence-electron chi connectivity index (χ1n) is 8.97. The van der Waals surface area contributed by atoms with E-state index in [1.54, 1.807) is 11.3 Å². The van der Waals surface area contributed by atoms with Gasteiger partial charge in [0.15, 0.2) is 0 Å². The molecular formula is C18H28N4OS. The van der Waals surface area contributed by atoms with Crippen molar-refractivity contribution in [1.29, 1.82) is 0 Å². The zero-order valence-electron chi connectivity index (χ0n) is 15.1. The van der Waals surface area contributed by atoms with Crippen molar-refractivity contribution < 1.29 is 4.79 Å². The number of piperidine rings is 1. The molecule has 1 aliphatic heterocycles. The number of likely N-dealkylation sites (tertiary alicyclic amines) is 1. The molecule has 0 bridgehead atoms. The summed E-state index contributed by atoms with van der Waals surface area (Å²) < 4.78 is 1.91. The van der Waals surface area contributed by atoms with Crippen molar-refractivity contribution in [2.75, 3.05) is 26.2 Å². The van der Waals surface area contributed by atoms with Crippen LogP contribution in [0.4, 0.5) is 0 Å². The number of fused-ring (bicyclic) bond motifs is 1. The summed E-state index contributed by atoms with van der Waals surface area (Å²) in [6, 6.07) is 2.05. The fourth-order valence-electron chi connectivity index (χ4n) is 3.44. The molecule has 1 saturated heterocycles. The first-order valence-corrected chi connectivity index (χ1v) is 9.79. The number of nitrogens with zero attached hydrogens (tertiary/aromatic N) is 3. The maximum absolute atomic E-state index is 12.9. The Kier molecular flexibility index (Phi) is 5.25. The van der Waals surface area contributed by atoms with Gasteiger partial charge in [0.25, 0.3) is 5.91 Å². The molecule has 3 heterocycles. The normalized spacial score (nSPS) is 16.5. The highest BCUT2D eigenvalue weighted by molar-refractivity contribution is 7.20. The van der Waals surface area contributed by atoms with E-state index < -0.39 is 0 Å². The molecule has 1 aliphatic rings. The number of nitrogens with one attached hydrogen (secondary N) is 1. The standard InChI is InChI=1S/C18H28N4OS/c1-5-19-11-13-6-8-22(9-7-13)17(23)15-10-14-16(12(2)3)20-21(4)18(14)24-15/h10,12-13,19H,5-9,11H2,1-4H3. The molecule has 0 saturated carbocycles. The largest absolute Gasteiger partial charge is 0.338 e. The summed E-state index contributed by atoms with van der Waals surface area (Å²) in [6.45, 7) is 10.3. The Labute approximate surface area is 148 Å². The maximum atomic E-state index is 12.9. The SMILES string of the molecule is CCNCC1CCN(C(=O)c2cc3c(C(C)C)nn(C)c3s2)CC1. The highest BCUT2D eigenvalue weighted by Crippen LogP contribution is 2.32. The second-order valence-electron chi connectivity index (χ2n) is 7.04. The second kappa shape index (κ2) is 7.23. The fraction of sp³-hybridized carbons (Fsp3) is 0.667. The Morgan fingerprint density at radius 1 is 1.42 bits per heavy atom. The van der Waals surface area contributed by atoms with Crippen molar-refractivity contribution in [3.63, 3.8) is 0 Å². The topological polar surface area (TPSA) is 50.2 Å². The van der Waals surface area contributed by atoms with Gasteiger partial charge >= 0.3 is 0 Å². The third-order valence-electron chi connectivity index (χ3n) is 4.88. The molecule has 24 heavy (non-hydrogen) atoms. The third-order valence-corrected chi connectivity index (χ3v) is 6.07. The number of hydrogen-bond acceptors (Lipinski definition) is 4. The Hall–Kier alpha value is -1.40. The van der Waals surface area contributed by atoms with Gasteiger partial charge < -0.3 is 10.2 Å². The van der Waals surface area contributed by atoms with E-state index in [0.717, 1.165) is 59.8 Å². The first kappa shape index (κ1) is 17.4. The maximum Gasteiger partial charge on any atom is 0.264 e. The number of carbonyl (C=O) groups is 1. The molecule has 1 N–H and O–H groups in total. The van der Waals surface area contributed by atoms with Crippen LogP contribution < -0.4 is 5.32 Å². The summed E-state index contributed by atoms with van der Waals surface area (Å²) in [6.07, 6.45) is 2.20. The van der Waals surface area contributed by atoms with E-state index in [4.69, 9.17) is 0 Å². The highest BCUT2D eigenvalue weighted by atomic mass is 32.1. The summed E-state index contributed by atoms with van der Waals surface area (Å²) in [5.74, 6) is 1.26. The van der Waals surface area contributed by atoms with Crippen LogP contribution in [-0.2, 0) is 7.05 Å². The van der Waals surface area contributed by atoms with Crippen molar-refractivity contribution in [3.05, 3.63) is 16.6 Å². The molecule has 2 aromatic heterocycles. The lowest BCUT2D eigenvalue weighted by Gasteiger charge is -2.31. The number of aromatic nitrogens is 2. The summed E-state index contributed by atoms with van der Waals surface area (Å²) in [5, 5.41) is 9.16. The molecule has 0 radical (unpaired) electrons. The number of rotatable bonds is 5. The minimum Gasteiger partial charge on any atom is -0.338 e. The van der Waals surface area contributed by atoms with E-state index in [0.29, 0.717) is 11.8 Å². The zero-order valence-corrected chi connectivity index (χ0v) is 15.9. The predicted molar refractivity (Wildman–Crippen MR) is 99.9 cm³/mol. The van der Waals surface area contributed by atoms with Crippen LogP contribution in [0.5, 0.6) is 0 Å².